The number of fused-ring (bicyclic) bond motifs is 1. The van der Waals surface area contributed by atoms with Crippen LogP contribution < -0.4 is 10.1 Å². The lowest BCUT2D eigenvalue weighted by atomic mass is 9.96. The Morgan fingerprint density at radius 1 is 1.25 bits per heavy atom. The molecule has 9 nitrogen and oxygen atoms in total. The second kappa shape index (κ2) is 8.16. The molecule has 168 valence electrons. The van der Waals surface area contributed by atoms with Crippen molar-refractivity contribution in [3.05, 3.63) is 36.3 Å². The van der Waals surface area contributed by atoms with E-state index in [0.29, 0.717) is 38.0 Å². The number of anilines is 1. The molecule has 2 aliphatic rings. The van der Waals surface area contributed by atoms with Crippen LogP contribution in [0.15, 0.2) is 30.6 Å². The summed E-state index contributed by atoms with van der Waals surface area (Å²) in [6.07, 6.45) is 4.58. The van der Waals surface area contributed by atoms with Crippen LogP contribution in [-0.2, 0) is 24.6 Å². The van der Waals surface area contributed by atoms with Crippen molar-refractivity contribution in [2.45, 2.75) is 25.0 Å². The van der Waals surface area contributed by atoms with Crippen molar-refractivity contribution >= 4 is 22.6 Å². The Morgan fingerprint density at radius 3 is 2.72 bits per heavy atom. The zero-order valence-corrected chi connectivity index (χ0v) is 18.4. The maximum atomic E-state index is 11.6. The lowest BCUT2D eigenvalue weighted by molar-refractivity contribution is -0.114. The van der Waals surface area contributed by atoms with Gasteiger partial charge in [-0.3, -0.25) is 4.79 Å². The van der Waals surface area contributed by atoms with Gasteiger partial charge in [0.15, 0.2) is 0 Å². The Hall–Kier alpha value is -3.01. The van der Waals surface area contributed by atoms with E-state index in [0.717, 1.165) is 34.3 Å². The molecule has 0 saturated carbocycles. The molecule has 1 amide bonds. The van der Waals surface area contributed by atoms with E-state index in [4.69, 9.17) is 23.9 Å². The average Bonchev–Trinajstić information content (AvgIpc) is 3.38. The van der Waals surface area contributed by atoms with Gasteiger partial charge in [0.05, 0.1) is 56.1 Å². The molecule has 2 fully saturated rings. The van der Waals surface area contributed by atoms with Gasteiger partial charge in [-0.25, -0.2) is 9.97 Å². The van der Waals surface area contributed by atoms with Crippen molar-refractivity contribution in [2.24, 2.45) is 0 Å². The van der Waals surface area contributed by atoms with Crippen molar-refractivity contribution in [1.82, 2.24) is 14.5 Å². The smallest absolute Gasteiger partial charge is 0.222 e. The third-order valence-electron chi connectivity index (χ3n) is 6.19. The number of hydrogen-bond donors (Lipinski definition) is 1. The first-order valence-corrected chi connectivity index (χ1v) is 10.6. The van der Waals surface area contributed by atoms with Crippen LogP contribution in [-0.4, -0.2) is 61.1 Å². The number of carbonyl (C=O) groups excluding carboxylic acids is 1. The highest BCUT2D eigenvalue weighted by atomic mass is 16.5. The molecule has 1 atom stereocenters. The minimum Gasteiger partial charge on any atom is -0.497 e. The van der Waals surface area contributed by atoms with Gasteiger partial charge in [-0.2, -0.15) is 0 Å². The van der Waals surface area contributed by atoms with Crippen LogP contribution in [0.1, 0.15) is 25.1 Å². The van der Waals surface area contributed by atoms with Crippen molar-refractivity contribution in [3.8, 4) is 17.0 Å². The number of pyridine rings is 2. The number of nitrogens with zero attached hydrogens (tertiary/aromatic N) is 3. The number of aromatic nitrogens is 3. The highest BCUT2D eigenvalue weighted by Gasteiger charge is 2.39. The molecular formula is C23H26N4O5. The van der Waals surface area contributed by atoms with E-state index < -0.39 is 5.60 Å². The highest BCUT2D eigenvalue weighted by molar-refractivity contribution is 5.98. The first-order chi connectivity index (χ1) is 15.5. The van der Waals surface area contributed by atoms with E-state index in [1.165, 1.54) is 6.92 Å². The Labute approximate surface area is 185 Å². The fourth-order valence-corrected chi connectivity index (χ4v) is 4.30. The number of rotatable bonds is 6. The van der Waals surface area contributed by atoms with Gasteiger partial charge < -0.3 is 28.8 Å². The van der Waals surface area contributed by atoms with Gasteiger partial charge in [-0.15, -0.1) is 0 Å². The van der Waals surface area contributed by atoms with Gasteiger partial charge in [0.25, 0.3) is 0 Å². The minimum atomic E-state index is -0.605. The molecule has 0 radical (unpaired) electrons. The lowest BCUT2D eigenvalue weighted by Gasteiger charge is -2.28. The first kappa shape index (κ1) is 20.9. The Kier molecular flexibility index (Phi) is 5.32. The molecule has 9 heteroatoms. The molecule has 1 N–H and O–H groups in total. The average molecular weight is 438 g/mol. The topological polar surface area (TPSA) is 96.7 Å². The summed E-state index contributed by atoms with van der Waals surface area (Å²) in [6.45, 7) is 3.83. The zero-order valence-electron chi connectivity index (χ0n) is 18.4. The summed E-state index contributed by atoms with van der Waals surface area (Å²) in [6, 6.07) is 5.94. The molecule has 32 heavy (non-hydrogen) atoms. The molecule has 0 unspecified atom stereocenters. The number of nitrogens with one attached hydrogen (secondary N) is 1. The standard InChI is InChI=1S/C23H26N4O5/c1-14(28)25-22-8-17-18(10-27(15-11-32-12-15)20(17)9-24-22)19-6-16(29-2)7-21(26-19)23(30-3)4-5-31-13-23/h6-10,15H,4-5,11-13H2,1-3H3,(H,24,25,28)/t23-/m1/s1. The van der Waals surface area contributed by atoms with E-state index in [-0.39, 0.29) is 11.9 Å². The SMILES string of the molecule is COc1cc(-c2cn(C3COC3)c3cnc(NC(C)=O)cc23)nc([C@@]2(OC)CCOC2)c1. The summed E-state index contributed by atoms with van der Waals surface area (Å²) >= 11 is 0. The van der Waals surface area contributed by atoms with Gasteiger partial charge in [0.2, 0.25) is 5.91 Å². The summed E-state index contributed by atoms with van der Waals surface area (Å²) in [7, 11) is 3.32. The molecule has 2 saturated heterocycles. The van der Waals surface area contributed by atoms with E-state index in [2.05, 4.69) is 21.1 Å². The van der Waals surface area contributed by atoms with Gasteiger partial charge in [-0.05, 0) is 6.07 Å². The summed E-state index contributed by atoms with van der Waals surface area (Å²) in [5.74, 6) is 1.02. The molecule has 0 aromatic carbocycles. The summed E-state index contributed by atoms with van der Waals surface area (Å²) < 4.78 is 24.7. The number of carbonyl (C=O) groups is 1. The maximum Gasteiger partial charge on any atom is 0.222 e. The summed E-state index contributed by atoms with van der Waals surface area (Å²) in [5.41, 5.74) is 2.81. The Morgan fingerprint density at radius 2 is 2.09 bits per heavy atom. The number of amides is 1. The van der Waals surface area contributed by atoms with E-state index >= 15 is 0 Å². The van der Waals surface area contributed by atoms with Gasteiger partial charge >= 0.3 is 0 Å². The van der Waals surface area contributed by atoms with Crippen molar-refractivity contribution in [2.75, 3.05) is 46.0 Å². The number of hydrogen-bond acceptors (Lipinski definition) is 7. The molecular weight excluding hydrogens is 412 g/mol. The molecule has 3 aromatic heterocycles. The third kappa shape index (κ3) is 3.52. The predicted octanol–water partition coefficient (Wildman–Crippen LogP) is 2.90. The zero-order chi connectivity index (χ0) is 22.3. The lowest BCUT2D eigenvalue weighted by Crippen LogP contribution is -2.30. The van der Waals surface area contributed by atoms with Crippen molar-refractivity contribution < 1.29 is 23.7 Å². The number of methoxy groups -OCH3 is 2. The fraction of sp³-hybridized carbons (Fsp3) is 0.435. The van der Waals surface area contributed by atoms with Gasteiger partial charge in [-0.1, -0.05) is 0 Å². The molecule has 5 heterocycles. The highest BCUT2D eigenvalue weighted by Crippen LogP contribution is 2.39. The van der Waals surface area contributed by atoms with E-state index in [9.17, 15) is 4.79 Å². The largest absolute Gasteiger partial charge is 0.497 e. The van der Waals surface area contributed by atoms with E-state index in [1.807, 2.05) is 18.2 Å². The van der Waals surface area contributed by atoms with Crippen LogP contribution in [0.25, 0.3) is 22.2 Å². The third-order valence-corrected chi connectivity index (χ3v) is 6.19. The molecule has 5 rings (SSSR count). The van der Waals surface area contributed by atoms with Crippen molar-refractivity contribution in [1.29, 1.82) is 0 Å². The maximum absolute atomic E-state index is 11.6. The Balaban J connectivity index is 1.69. The fourth-order valence-electron chi connectivity index (χ4n) is 4.30. The van der Waals surface area contributed by atoms with Crippen LogP contribution in [0.3, 0.4) is 0 Å². The van der Waals surface area contributed by atoms with Crippen LogP contribution in [0.4, 0.5) is 5.82 Å². The quantitative estimate of drug-likeness (QED) is 0.632. The first-order valence-electron chi connectivity index (χ1n) is 10.6. The molecule has 0 aliphatic carbocycles. The van der Waals surface area contributed by atoms with Crippen LogP contribution in [0.5, 0.6) is 5.75 Å². The van der Waals surface area contributed by atoms with Crippen LogP contribution in [0, 0.1) is 0 Å². The van der Waals surface area contributed by atoms with Gasteiger partial charge in [0, 0.05) is 56.3 Å². The van der Waals surface area contributed by atoms with Crippen LogP contribution in [0.2, 0.25) is 0 Å². The molecule has 3 aromatic rings. The second-order valence-electron chi connectivity index (χ2n) is 8.19. The predicted molar refractivity (Wildman–Crippen MR) is 118 cm³/mol. The monoisotopic (exact) mass is 438 g/mol. The molecule has 0 spiro atoms. The normalized spacial score (nSPS) is 21.0. The Bertz CT molecular complexity index is 1160. The van der Waals surface area contributed by atoms with Crippen LogP contribution >= 0.6 is 0 Å². The summed E-state index contributed by atoms with van der Waals surface area (Å²) in [4.78, 5) is 21.0. The molecule has 2 aliphatic heterocycles. The number of ether oxygens (including phenoxy) is 4. The van der Waals surface area contributed by atoms with Crippen molar-refractivity contribution in [3.63, 3.8) is 0 Å². The second-order valence-corrected chi connectivity index (χ2v) is 8.19. The minimum absolute atomic E-state index is 0.171. The van der Waals surface area contributed by atoms with E-state index in [1.54, 1.807) is 20.4 Å². The molecule has 0 bridgehead atoms. The summed E-state index contributed by atoms with van der Waals surface area (Å²) in [5, 5.41) is 3.71. The van der Waals surface area contributed by atoms with Gasteiger partial charge in [0.1, 0.15) is 17.2 Å².